The van der Waals surface area contributed by atoms with Gasteiger partial charge in [-0.25, -0.2) is 0 Å². The van der Waals surface area contributed by atoms with Crippen LogP contribution in [0.25, 0.3) is 6.08 Å². The first kappa shape index (κ1) is 21.8. The molecular formula is C26H28N2O4. The van der Waals surface area contributed by atoms with Crippen LogP contribution >= 0.6 is 0 Å². The predicted molar refractivity (Wildman–Crippen MR) is 122 cm³/mol. The molecule has 6 heteroatoms. The van der Waals surface area contributed by atoms with E-state index in [4.69, 9.17) is 0 Å². The number of nitrogens with one attached hydrogen (secondary N) is 1. The minimum Gasteiger partial charge on any atom is -0.508 e. The van der Waals surface area contributed by atoms with E-state index in [0.29, 0.717) is 18.9 Å². The second kappa shape index (κ2) is 9.81. The number of phenols is 1. The van der Waals surface area contributed by atoms with Crippen molar-refractivity contribution >= 4 is 24.2 Å². The van der Waals surface area contributed by atoms with Gasteiger partial charge in [0.05, 0.1) is 6.04 Å². The Hall–Kier alpha value is -3.41. The van der Waals surface area contributed by atoms with E-state index in [-0.39, 0.29) is 23.5 Å². The molecule has 1 aliphatic carbocycles. The Morgan fingerprint density at radius 2 is 1.84 bits per heavy atom. The van der Waals surface area contributed by atoms with Crippen LogP contribution in [0.4, 0.5) is 0 Å². The highest BCUT2D eigenvalue weighted by Gasteiger charge is 2.49. The fourth-order valence-electron chi connectivity index (χ4n) is 4.98. The van der Waals surface area contributed by atoms with E-state index in [1.807, 2.05) is 30.3 Å². The lowest BCUT2D eigenvalue weighted by Gasteiger charge is -2.27. The van der Waals surface area contributed by atoms with Gasteiger partial charge in [0.1, 0.15) is 18.1 Å². The summed E-state index contributed by atoms with van der Waals surface area (Å²) in [6, 6.07) is 14.9. The molecule has 2 aromatic carbocycles. The summed E-state index contributed by atoms with van der Waals surface area (Å²) in [5, 5.41) is 12.3. The predicted octanol–water partition coefficient (Wildman–Crippen LogP) is 2.96. The van der Waals surface area contributed by atoms with Gasteiger partial charge in [-0.15, -0.1) is 0 Å². The Kier molecular flexibility index (Phi) is 6.69. The van der Waals surface area contributed by atoms with E-state index >= 15 is 0 Å². The fraction of sp³-hybridized carbons (Fsp3) is 0.346. The zero-order chi connectivity index (χ0) is 22.5. The second-order valence-electron chi connectivity index (χ2n) is 8.66. The number of aldehydes is 1. The van der Waals surface area contributed by atoms with Crippen LogP contribution < -0.4 is 5.32 Å². The van der Waals surface area contributed by atoms with Crippen LogP contribution in [0.3, 0.4) is 0 Å². The summed E-state index contributed by atoms with van der Waals surface area (Å²) < 4.78 is 0. The maximum atomic E-state index is 13.3. The molecule has 2 amide bonds. The van der Waals surface area contributed by atoms with Gasteiger partial charge in [-0.3, -0.25) is 9.59 Å². The minimum absolute atomic E-state index is 0.130. The Bertz CT molecular complexity index is 987. The number of phenolic OH excluding ortho intramolecular Hbond substituents is 1. The molecule has 0 radical (unpaired) electrons. The maximum absolute atomic E-state index is 13.3. The van der Waals surface area contributed by atoms with E-state index in [1.54, 1.807) is 35.2 Å². The zero-order valence-corrected chi connectivity index (χ0v) is 17.9. The van der Waals surface area contributed by atoms with Crippen LogP contribution in [0.2, 0.25) is 0 Å². The van der Waals surface area contributed by atoms with Crippen molar-refractivity contribution in [3.8, 4) is 5.75 Å². The molecule has 2 aromatic rings. The van der Waals surface area contributed by atoms with Gasteiger partial charge in [-0.1, -0.05) is 48.9 Å². The molecule has 2 N–H and O–H groups in total. The van der Waals surface area contributed by atoms with Crippen molar-refractivity contribution in [2.45, 2.75) is 37.8 Å². The summed E-state index contributed by atoms with van der Waals surface area (Å²) in [7, 11) is 0. The summed E-state index contributed by atoms with van der Waals surface area (Å²) in [6.45, 7) is 0.574. The van der Waals surface area contributed by atoms with Crippen LogP contribution in [0.5, 0.6) is 5.75 Å². The van der Waals surface area contributed by atoms with E-state index in [9.17, 15) is 19.5 Å². The highest BCUT2D eigenvalue weighted by atomic mass is 16.3. The quantitative estimate of drug-likeness (QED) is 0.520. The number of amides is 2. The van der Waals surface area contributed by atoms with Crippen molar-refractivity contribution in [2.75, 3.05) is 6.54 Å². The SMILES string of the molecule is O=C[C@H](Cc1ccc(O)cc1)NC(=O)[C@@H]1C2CCC[C@H]2CN1C(=O)/C=C/c1ccccc1. The van der Waals surface area contributed by atoms with Crippen molar-refractivity contribution in [3.05, 3.63) is 71.8 Å². The summed E-state index contributed by atoms with van der Waals surface area (Å²) in [6.07, 6.45) is 7.36. The first-order valence-corrected chi connectivity index (χ1v) is 11.1. The van der Waals surface area contributed by atoms with Gasteiger partial charge in [0.15, 0.2) is 0 Å². The molecule has 1 heterocycles. The second-order valence-corrected chi connectivity index (χ2v) is 8.66. The highest BCUT2D eigenvalue weighted by molar-refractivity contribution is 5.96. The number of benzene rings is 2. The summed E-state index contributed by atoms with van der Waals surface area (Å²) in [5.41, 5.74) is 1.76. The normalized spacial score (nSPS) is 23.1. The van der Waals surface area contributed by atoms with Gasteiger partial charge >= 0.3 is 0 Å². The first-order valence-electron chi connectivity index (χ1n) is 11.1. The number of hydrogen-bond acceptors (Lipinski definition) is 4. The van der Waals surface area contributed by atoms with Crippen LogP contribution in [0.1, 0.15) is 30.4 Å². The summed E-state index contributed by atoms with van der Waals surface area (Å²) in [5.74, 6) is 0.161. The molecule has 1 saturated heterocycles. The highest BCUT2D eigenvalue weighted by Crippen LogP contribution is 2.42. The van der Waals surface area contributed by atoms with Crippen molar-refractivity contribution in [1.82, 2.24) is 10.2 Å². The Balaban J connectivity index is 1.47. The number of hydrogen-bond donors (Lipinski definition) is 2. The first-order chi connectivity index (χ1) is 15.5. The fourth-order valence-corrected chi connectivity index (χ4v) is 4.98. The molecule has 1 aliphatic heterocycles. The monoisotopic (exact) mass is 432 g/mol. The van der Waals surface area contributed by atoms with Gasteiger partial charge in [0.2, 0.25) is 11.8 Å². The average Bonchev–Trinajstić information content (AvgIpc) is 3.40. The molecule has 1 saturated carbocycles. The Labute approximate surface area is 187 Å². The van der Waals surface area contributed by atoms with Gasteiger partial charge in [0, 0.05) is 12.6 Å². The lowest BCUT2D eigenvalue weighted by atomic mass is 9.93. The van der Waals surface area contributed by atoms with Gasteiger partial charge in [-0.2, -0.15) is 0 Å². The number of fused-ring (bicyclic) bond motifs is 1. The molecule has 0 spiro atoms. The summed E-state index contributed by atoms with van der Waals surface area (Å²) >= 11 is 0. The third-order valence-corrected chi connectivity index (χ3v) is 6.54. The van der Waals surface area contributed by atoms with Crippen molar-refractivity contribution in [3.63, 3.8) is 0 Å². The van der Waals surface area contributed by atoms with Crippen molar-refractivity contribution < 1.29 is 19.5 Å². The molecular weight excluding hydrogens is 404 g/mol. The van der Waals surface area contributed by atoms with E-state index in [1.165, 1.54) is 6.08 Å². The summed E-state index contributed by atoms with van der Waals surface area (Å²) in [4.78, 5) is 39.6. The maximum Gasteiger partial charge on any atom is 0.247 e. The topological polar surface area (TPSA) is 86.7 Å². The smallest absolute Gasteiger partial charge is 0.247 e. The average molecular weight is 433 g/mol. The van der Waals surface area contributed by atoms with Crippen LogP contribution in [0.15, 0.2) is 60.7 Å². The number of carbonyl (C=O) groups is 3. The van der Waals surface area contributed by atoms with E-state index in [0.717, 1.165) is 36.7 Å². The molecule has 2 aliphatic rings. The zero-order valence-electron chi connectivity index (χ0n) is 17.9. The molecule has 32 heavy (non-hydrogen) atoms. The molecule has 0 bridgehead atoms. The third kappa shape index (κ3) is 4.90. The van der Waals surface area contributed by atoms with Crippen molar-refractivity contribution in [1.29, 1.82) is 0 Å². The molecule has 1 unspecified atom stereocenters. The van der Waals surface area contributed by atoms with E-state index < -0.39 is 12.1 Å². The van der Waals surface area contributed by atoms with Crippen LogP contribution in [0, 0.1) is 11.8 Å². The number of nitrogens with zero attached hydrogens (tertiary/aromatic N) is 1. The largest absolute Gasteiger partial charge is 0.508 e. The number of rotatable bonds is 7. The lowest BCUT2D eigenvalue weighted by Crippen LogP contribution is -2.51. The third-order valence-electron chi connectivity index (χ3n) is 6.54. The molecule has 166 valence electrons. The number of aromatic hydroxyl groups is 1. The molecule has 2 fully saturated rings. The van der Waals surface area contributed by atoms with Gasteiger partial charge in [0.25, 0.3) is 0 Å². The number of carbonyl (C=O) groups excluding carboxylic acids is 3. The molecule has 6 nitrogen and oxygen atoms in total. The van der Waals surface area contributed by atoms with Gasteiger partial charge < -0.3 is 20.1 Å². The standard InChI is InChI=1S/C26H28N2O4/c29-17-21(15-19-9-12-22(30)13-10-19)27-26(32)25-23-8-4-7-20(23)16-28(25)24(31)14-11-18-5-2-1-3-6-18/h1-3,5-6,9-14,17,20-21,23,25,30H,4,7-8,15-16H2,(H,27,32)/b14-11+/t20-,21-,23?,25-/m0/s1. The lowest BCUT2D eigenvalue weighted by molar-refractivity contribution is -0.137. The Morgan fingerprint density at radius 1 is 1.09 bits per heavy atom. The number of likely N-dealkylation sites (tertiary alicyclic amines) is 1. The molecule has 0 aromatic heterocycles. The van der Waals surface area contributed by atoms with Crippen LogP contribution in [-0.2, 0) is 20.8 Å². The molecule has 4 rings (SSSR count). The van der Waals surface area contributed by atoms with Crippen LogP contribution in [-0.4, -0.2) is 46.7 Å². The Morgan fingerprint density at radius 3 is 2.56 bits per heavy atom. The van der Waals surface area contributed by atoms with E-state index in [2.05, 4.69) is 5.32 Å². The van der Waals surface area contributed by atoms with Gasteiger partial charge in [-0.05, 0) is 60.4 Å². The minimum atomic E-state index is -0.690. The van der Waals surface area contributed by atoms with Crippen molar-refractivity contribution in [2.24, 2.45) is 11.8 Å². The molecule has 4 atom stereocenters.